The molecule has 0 aromatic heterocycles. The maximum atomic E-state index is 2.45. The summed E-state index contributed by atoms with van der Waals surface area (Å²) in [4.78, 5) is 3.84. The maximum Gasteiger partial charge on any atom is 0.0714 e. The Bertz CT molecular complexity index is 2490. The van der Waals surface area contributed by atoms with Gasteiger partial charge in [-0.05, 0) is 128 Å². The van der Waals surface area contributed by atoms with Gasteiger partial charge in [0, 0.05) is 17.1 Å². The Labute approximate surface area is 321 Å². The largest absolute Gasteiger partial charge is 0.310 e. The van der Waals surface area contributed by atoms with Gasteiger partial charge >= 0.3 is 0 Å². The van der Waals surface area contributed by atoms with E-state index >= 15 is 0 Å². The third-order valence-electron chi connectivity index (χ3n) is 11.0. The summed E-state index contributed by atoms with van der Waals surface area (Å²) in [5, 5.41) is 0. The Morgan fingerprint density at radius 2 is 0.759 bits per heavy atom. The molecule has 0 atom stereocenters. The Kier molecular flexibility index (Phi) is 8.57. The van der Waals surface area contributed by atoms with Gasteiger partial charge in [0.1, 0.15) is 0 Å². The maximum absolute atomic E-state index is 2.45. The number of rotatable bonds is 8. The van der Waals surface area contributed by atoms with Crippen LogP contribution in [0.25, 0.3) is 33.4 Å². The van der Waals surface area contributed by atoms with Gasteiger partial charge in [-0.1, -0.05) is 158 Å². The predicted molar refractivity (Wildman–Crippen MR) is 233 cm³/mol. The molecule has 54 heavy (non-hydrogen) atoms. The first-order chi connectivity index (χ1) is 26.4. The van der Waals surface area contributed by atoms with E-state index in [0.29, 0.717) is 0 Å². The Hall–Kier alpha value is -6.09. The second-order valence-electron chi connectivity index (χ2n) is 14.9. The minimum absolute atomic E-state index is 0.474. The fraction of sp³-hybridized carbons (Fsp3) is 0.0769. The monoisotopic (exact) mass is 713 g/mol. The number of anilines is 3. The van der Waals surface area contributed by atoms with Gasteiger partial charge < -0.3 is 4.90 Å². The minimum Gasteiger partial charge on any atom is -0.310 e. The molecule has 0 aliphatic heterocycles. The molecule has 8 aromatic rings. The van der Waals surface area contributed by atoms with Crippen LogP contribution in [0, 0.1) is 0 Å². The molecule has 1 nitrogen and oxygen atoms in total. The van der Waals surface area contributed by atoms with Crippen molar-refractivity contribution < 1.29 is 0 Å². The standard InChI is InChI=1S/C52H43NS/c1-54(2,3)47-34-27-41(28-35-47)40-25-31-45(32-26-40)53(44-29-23-39(24-30-44)38-15-7-4-8-16-38)46-33-36-49-48-21-13-14-22-50(48)52(51(49)37-46,42-17-9-5-10-18-42)43-19-11-6-12-20-43/h4-37H,1-3H3. The predicted octanol–water partition coefficient (Wildman–Crippen LogP) is 13.9. The van der Waals surface area contributed by atoms with Crippen LogP contribution in [0.15, 0.2) is 211 Å². The first-order valence-electron chi connectivity index (χ1n) is 18.6. The third kappa shape index (κ3) is 5.84. The molecule has 9 rings (SSSR count). The molecule has 0 saturated carbocycles. The quantitative estimate of drug-likeness (QED) is 0.152. The van der Waals surface area contributed by atoms with Gasteiger partial charge in [0.2, 0.25) is 0 Å². The summed E-state index contributed by atoms with van der Waals surface area (Å²) >= 11 is 0. The van der Waals surface area contributed by atoms with Crippen LogP contribution in [-0.4, -0.2) is 18.8 Å². The van der Waals surface area contributed by atoms with Gasteiger partial charge in [0.05, 0.1) is 5.41 Å². The highest BCUT2D eigenvalue weighted by atomic mass is 32.3. The summed E-state index contributed by atoms with van der Waals surface area (Å²) in [7, 11) is -0.775. The summed E-state index contributed by atoms with van der Waals surface area (Å²) in [5.41, 5.74) is 15.4. The van der Waals surface area contributed by atoms with Crippen LogP contribution in [-0.2, 0) is 5.41 Å². The molecular weight excluding hydrogens is 671 g/mol. The number of nitrogens with zero attached hydrogens (tertiary/aromatic N) is 1. The van der Waals surface area contributed by atoms with E-state index in [4.69, 9.17) is 0 Å². The van der Waals surface area contributed by atoms with E-state index in [0.717, 1.165) is 17.1 Å². The van der Waals surface area contributed by atoms with Crippen LogP contribution in [0.5, 0.6) is 0 Å². The molecule has 0 fully saturated rings. The Balaban J connectivity index is 1.22. The van der Waals surface area contributed by atoms with Crippen molar-refractivity contribution >= 4 is 27.1 Å². The summed E-state index contributed by atoms with van der Waals surface area (Å²) < 4.78 is 0. The summed E-state index contributed by atoms with van der Waals surface area (Å²) in [5.74, 6) is 0. The van der Waals surface area contributed by atoms with E-state index < -0.39 is 15.4 Å². The van der Waals surface area contributed by atoms with Crippen molar-refractivity contribution in [1.29, 1.82) is 0 Å². The summed E-state index contributed by atoms with van der Waals surface area (Å²) in [6.45, 7) is 0. The second kappa shape index (κ2) is 13.7. The molecule has 0 radical (unpaired) electrons. The van der Waals surface area contributed by atoms with Crippen LogP contribution in [0.2, 0.25) is 0 Å². The number of hydrogen-bond acceptors (Lipinski definition) is 1. The van der Waals surface area contributed by atoms with E-state index in [1.165, 1.54) is 60.5 Å². The molecule has 0 amide bonds. The zero-order valence-electron chi connectivity index (χ0n) is 31.0. The second-order valence-corrected chi connectivity index (χ2v) is 19.1. The van der Waals surface area contributed by atoms with Crippen molar-refractivity contribution in [2.45, 2.75) is 10.3 Å². The number of hydrogen-bond donors (Lipinski definition) is 0. The van der Waals surface area contributed by atoms with Crippen LogP contribution in [0.1, 0.15) is 22.3 Å². The Morgan fingerprint density at radius 3 is 1.28 bits per heavy atom. The van der Waals surface area contributed by atoms with Crippen molar-refractivity contribution in [3.63, 3.8) is 0 Å². The lowest BCUT2D eigenvalue weighted by molar-refractivity contribution is 0.768. The average Bonchev–Trinajstić information content (AvgIpc) is 3.53. The highest BCUT2D eigenvalue weighted by Crippen LogP contribution is 2.57. The average molecular weight is 714 g/mol. The van der Waals surface area contributed by atoms with Crippen molar-refractivity contribution in [1.82, 2.24) is 0 Å². The molecule has 0 heterocycles. The molecule has 0 spiro atoms. The van der Waals surface area contributed by atoms with Gasteiger partial charge in [-0.15, -0.1) is 0 Å². The zero-order valence-corrected chi connectivity index (χ0v) is 31.8. The van der Waals surface area contributed by atoms with Gasteiger partial charge in [0.25, 0.3) is 0 Å². The normalized spacial score (nSPS) is 13.2. The van der Waals surface area contributed by atoms with E-state index in [-0.39, 0.29) is 0 Å². The van der Waals surface area contributed by atoms with E-state index in [1.54, 1.807) is 0 Å². The lowest BCUT2D eigenvalue weighted by atomic mass is 9.67. The topological polar surface area (TPSA) is 3.24 Å². The smallest absolute Gasteiger partial charge is 0.0714 e. The molecule has 0 bridgehead atoms. The molecule has 8 aromatic carbocycles. The van der Waals surface area contributed by atoms with E-state index in [1.807, 2.05) is 0 Å². The minimum atomic E-state index is -0.775. The fourth-order valence-electron chi connectivity index (χ4n) is 8.31. The highest BCUT2D eigenvalue weighted by Gasteiger charge is 2.46. The third-order valence-corrected chi connectivity index (χ3v) is 12.6. The Morgan fingerprint density at radius 1 is 0.352 bits per heavy atom. The van der Waals surface area contributed by atoms with Gasteiger partial charge in [-0.25, -0.2) is 10.0 Å². The molecule has 0 N–H and O–H groups in total. The first kappa shape index (κ1) is 33.7. The molecule has 1 aliphatic carbocycles. The molecular formula is C52H43NS. The van der Waals surface area contributed by atoms with Crippen molar-refractivity contribution in [3.05, 3.63) is 229 Å². The first-order valence-corrected chi connectivity index (χ1v) is 21.5. The number of benzene rings is 8. The van der Waals surface area contributed by atoms with Crippen molar-refractivity contribution in [2.24, 2.45) is 0 Å². The summed E-state index contributed by atoms with van der Waals surface area (Å²) in [6, 6.07) is 76.0. The lowest BCUT2D eigenvalue weighted by Gasteiger charge is -2.35. The van der Waals surface area contributed by atoms with Gasteiger partial charge in [-0.2, -0.15) is 0 Å². The molecule has 2 heteroatoms. The zero-order chi connectivity index (χ0) is 36.7. The van der Waals surface area contributed by atoms with Crippen LogP contribution in [0.3, 0.4) is 0 Å². The molecule has 262 valence electrons. The van der Waals surface area contributed by atoms with Crippen LogP contribution in [0.4, 0.5) is 17.1 Å². The molecule has 0 saturated heterocycles. The molecule has 1 aliphatic rings. The van der Waals surface area contributed by atoms with E-state index in [2.05, 4.69) is 230 Å². The fourth-order valence-corrected chi connectivity index (χ4v) is 9.26. The van der Waals surface area contributed by atoms with Gasteiger partial charge in [-0.3, -0.25) is 0 Å². The van der Waals surface area contributed by atoms with Crippen molar-refractivity contribution in [3.8, 4) is 33.4 Å². The van der Waals surface area contributed by atoms with Crippen molar-refractivity contribution in [2.75, 3.05) is 23.7 Å². The number of fused-ring (bicyclic) bond motifs is 3. The van der Waals surface area contributed by atoms with Crippen LogP contribution >= 0.6 is 10.0 Å². The van der Waals surface area contributed by atoms with Crippen LogP contribution < -0.4 is 4.90 Å². The summed E-state index contributed by atoms with van der Waals surface area (Å²) in [6.07, 6.45) is 7.04. The van der Waals surface area contributed by atoms with Gasteiger partial charge in [0.15, 0.2) is 0 Å². The molecule has 0 unspecified atom stereocenters. The highest BCUT2D eigenvalue weighted by molar-refractivity contribution is 8.32. The SMILES string of the molecule is CS(C)(C)c1ccc(-c2ccc(N(c3ccc(-c4ccccc4)cc3)c3ccc4c(c3)C(c3ccccc3)(c3ccccc3)c3ccccc3-4)cc2)cc1. The van der Waals surface area contributed by atoms with E-state index in [9.17, 15) is 0 Å². The lowest BCUT2D eigenvalue weighted by Crippen LogP contribution is -2.28.